The average molecular weight is 285 g/mol. The number of aromatic nitrogens is 2. The molecular weight excluding hydrogens is 277 g/mol. The van der Waals surface area contributed by atoms with E-state index in [2.05, 4.69) is 32.8 Å². The smallest absolute Gasteiger partial charge is 0.0783 e. The molecule has 66 valence electrons. The van der Waals surface area contributed by atoms with Crippen LogP contribution in [0.3, 0.4) is 0 Å². The van der Waals surface area contributed by atoms with E-state index in [0.717, 1.165) is 20.5 Å². The summed E-state index contributed by atoms with van der Waals surface area (Å²) >= 11 is 2.24. The Kier molecular flexibility index (Phi) is 2.22. The zero-order valence-electron chi connectivity index (χ0n) is 6.79. The number of aromatic amines is 1. The molecule has 0 radical (unpaired) electrons. The molecular formula is C9H8IN3. The Bertz CT molecular complexity index is 405. The predicted molar refractivity (Wildman–Crippen MR) is 61.2 cm³/mol. The number of nitrogens with two attached hydrogens (primary N) is 1. The van der Waals surface area contributed by atoms with Crippen molar-refractivity contribution in [2.45, 2.75) is 0 Å². The molecule has 0 atom stereocenters. The highest BCUT2D eigenvalue weighted by molar-refractivity contribution is 14.1. The van der Waals surface area contributed by atoms with Crippen LogP contribution in [0.15, 0.2) is 30.5 Å². The molecule has 3 N–H and O–H groups in total. The Labute approximate surface area is 89.5 Å². The quantitative estimate of drug-likeness (QED) is 0.623. The number of H-pyrrole nitrogens is 1. The van der Waals surface area contributed by atoms with Crippen molar-refractivity contribution >= 4 is 28.3 Å². The molecule has 0 bridgehead atoms. The molecule has 0 fully saturated rings. The summed E-state index contributed by atoms with van der Waals surface area (Å²) in [5.74, 6) is 0. The van der Waals surface area contributed by atoms with Gasteiger partial charge in [-0.25, -0.2) is 0 Å². The summed E-state index contributed by atoms with van der Waals surface area (Å²) in [5, 5.41) is 6.90. The van der Waals surface area contributed by atoms with Gasteiger partial charge in [-0.2, -0.15) is 5.10 Å². The van der Waals surface area contributed by atoms with Gasteiger partial charge in [-0.05, 0) is 34.7 Å². The zero-order valence-corrected chi connectivity index (χ0v) is 8.95. The molecule has 0 aliphatic carbocycles. The van der Waals surface area contributed by atoms with E-state index in [1.165, 1.54) is 0 Å². The number of anilines is 1. The Morgan fingerprint density at radius 3 is 2.46 bits per heavy atom. The van der Waals surface area contributed by atoms with Crippen LogP contribution in [0.1, 0.15) is 0 Å². The van der Waals surface area contributed by atoms with E-state index < -0.39 is 0 Å². The maximum atomic E-state index is 5.59. The van der Waals surface area contributed by atoms with Crippen molar-refractivity contribution < 1.29 is 0 Å². The maximum absolute atomic E-state index is 5.59. The van der Waals surface area contributed by atoms with E-state index >= 15 is 0 Å². The summed E-state index contributed by atoms with van der Waals surface area (Å²) in [6, 6.07) is 7.72. The molecule has 3 nitrogen and oxygen atoms in total. The second-order valence-corrected chi connectivity index (χ2v) is 3.88. The minimum atomic E-state index is 0.776. The third-order valence-corrected chi connectivity index (χ3v) is 2.61. The highest BCUT2D eigenvalue weighted by atomic mass is 127. The van der Waals surface area contributed by atoms with Crippen LogP contribution >= 0.6 is 22.6 Å². The molecule has 1 heterocycles. The van der Waals surface area contributed by atoms with Crippen molar-refractivity contribution in [3.05, 3.63) is 34.0 Å². The standard InChI is InChI=1S/C9H8IN3/c10-8-5-12-13-9(8)6-1-3-7(11)4-2-6/h1-5H,11H2,(H,12,13). The summed E-state index contributed by atoms with van der Waals surface area (Å²) in [6.07, 6.45) is 1.80. The van der Waals surface area contributed by atoms with Crippen LogP contribution in [-0.4, -0.2) is 10.2 Å². The van der Waals surface area contributed by atoms with Crippen LogP contribution in [0.4, 0.5) is 5.69 Å². The molecule has 13 heavy (non-hydrogen) atoms. The third-order valence-electron chi connectivity index (χ3n) is 1.79. The van der Waals surface area contributed by atoms with Crippen LogP contribution in [0.2, 0.25) is 0 Å². The summed E-state index contributed by atoms with van der Waals surface area (Å²) in [4.78, 5) is 0. The van der Waals surface area contributed by atoms with Gasteiger partial charge in [-0.1, -0.05) is 12.1 Å². The first-order chi connectivity index (χ1) is 6.27. The Balaban J connectivity index is 2.47. The number of nitrogens with one attached hydrogen (secondary N) is 1. The van der Waals surface area contributed by atoms with Gasteiger partial charge in [-0.15, -0.1) is 0 Å². The minimum Gasteiger partial charge on any atom is -0.399 e. The second kappa shape index (κ2) is 3.37. The third kappa shape index (κ3) is 1.67. The summed E-state index contributed by atoms with van der Waals surface area (Å²) in [5.41, 5.74) is 8.52. The lowest BCUT2D eigenvalue weighted by atomic mass is 10.1. The van der Waals surface area contributed by atoms with Crippen molar-refractivity contribution in [1.82, 2.24) is 10.2 Å². The molecule has 0 saturated carbocycles. The van der Waals surface area contributed by atoms with Gasteiger partial charge in [0.05, 0.1) is 15.5 Å². The molecule has 1 aromatic heterocycles. The largest absolute Gasteiger partial charge is 0.399 e. The van der Waals surface area contributed by atoms with E-state index in [1.54, 1.807) is 6.20 Å². The fraction of sp³-hybridized carbons (Fsp3) is 0. The fourth-order valence-electron chi connectivity index (χ4n) is 1.12. The number of nitrogen functional groups attached to an aromatic ring is 1. The summed E-state index contributed by atoms with van der Waals surface area (Å²) in [7, 11) is 0. The van der Waals surface area contributed by atoms with Crippen LogP contribution in [0.25, 0.3) is 11.3 Å². The maximum Gasteiger partial charge on any atom is 0.0783 e. The van der Waals surface area contributed by atoms with Crippen LogP contribution in [0.5, 0.6) is 0 Å². The number of nitrogens with zero attached hydrogens (tertiary/aromatic N) is 1. The predicted octanol–water partition coefficient (Wildman–Crippen LogP) is 2.26. The van der Waals surface area contributed by atoms with E-state index in [9.17, 15) is 0 Å². The van der Waals surface area contributed by atoms with Gasteiger partial charge < -0.3 is 5.73 Å². The van der Waals surface area contributed by atoms with E-state index in [1.807, 2.05) is 24.3 Å². The lowest BCUT2D eigenvalue weighted by molar-refractivity contribution is 1.10. The topological polar surface area (TPSA) is 54.7 Å². The number of benzene rings is 1. The molecule has 0 aliphatic rings. The highest BCUT2D eigenvalue weighted by Gasteiger charge is 2.03. The number of hydrogen-bond donors (Lipinski definition) is 2. The van der Waals surface area contributed by atoms with E-state index in [0.29, 0.717) is 0 Å². The molecule has 2 aromatic rings. The second-order valence-electron chi connectivity index (χ2n) is 2.71. The fourth-order valence-corrected chi connectivity index (χ4v) is 1.69. The number of halogens is 1. The van der Waals surface area contributed by atoms with Crippen molar-refractivity contribution in [1.29, 1.82) is 0 Å². The van der Waals surface area contributed by atoms with Crippen molar-refractivity contribution in [3.63, 3.8) is 0 Å². The van der Waals surface area contributed by atoms with Crippen LogP contribution in [0, 0.1) is 3.57 Å². The Morgan fingerprint density at radius 1 is 1.23 bits per heavy atom. The minimum absolute atomic E-state index is 0.776. The Hall–Kier alpha value is -1.04. The molecule has 1 aromatic carbocycles. The van der Waals surface area contributed by atoms with Gasteiger partial charge in [-0.3, -0.25) is 5.10 Å². The van der Waals surface area contributed by atoms with Gasteiger partial charge in [0.25, 0.3) is 0 Å². The van der Waals surface area contributed by atoms with Crippen molar-refractivity contribution in [3.8, 4) is 11.3 Å². The first-order valence-corrected chi connectivity index (χ1v) is 4.90. The first-order valence-electron chi connectivity index (χ1n) is 3.82. The lowest BCUT2D eigenvalue weighted by Gasteiger charge is -1.98. The van der Waals surface area contributed by atoms with Crippen LogP contribution < -0.4 is 5.73 Å². The highest BCUT2D eigenvalue weighted by Crippen LogP contribution is 2.22. The molecule has 4 heteroatoms. The number of hydrogen-bond acceptors (Lipinski definition) is 2. The molecule has 0 amide bonds. The van der Waals surface area contributed by atoms with E-state index in [4.69, 9.17) is 5.73 Å². The normalized spacial score (nSPS) is 10.2. The van der Waals surface area contributed by atoms with Gasteiger partial charge in [0.2, 0.25) is 0 Å². The number of rotatable bonds is 1. The average Bonchev–Trinajstić information content (AvgIpc) is 2.53. The molecule has 0 aliphatic heterocycles. The lowest BCUT2D eigenvalue weighted by Crippen LogP contribution is -1.85. The Morgan fingerprint density at radius 2 is 1.92 bits per heavy atom. The first kappa shape index (κ1) is 8.55. The van der Waals surface area contributed by atoms with Gasteiger partial charge in [0, 0.05) is 11.3 Å². The molecule has 0 spiro atoms. The monoisotopic (exact) mass is 285 g/mol. The van der Waals surface area contributed by atoms with Crippen molar-refractivity contribution in [2.75, 3.05) is 5.73 Å². The summed E-state index contributed by atoms with van der Waals surface area (Å²) < 4.78 is 1.11. The van der Waals surface area contributed by atoms with Gasteiger partial charge >= 0.3 is 0 Å². The van der Waals surface area contributed by atoms with Crippen LogP contribution in [-0.2, 0) is 0 Å². The van der Waals surface area contributed by atoms with Gasteiger partial charge in [0.1, 0.15) is 0 Å². The molecule has 2 rings (SSSR count). The molecule has 0 unspecified atom stereocenters. The van der Waals surface area contributed by atoms with Crippen molar-refractivity contribution in [2.24, 2.45) is 0 Å². The summed E-state index contributed by atoms with van der Waals surface area (Å²) in [6.45, 7) is 0. The van der Waals surface area contributed by atoms with Gasteiger partial charge in [0.15, 0.2) is 0 Å². The van der Waals surface area contributed by atoms with E-state index in [-0.39, 0.29) is 0 Å². The molecule has 0 saturated heterocycles. The zero-order chi connectivity index (χ0) is 9.26. The SMILES string of the molecule is Nc1ccc(-c2[nH]ncc2I)cc1.